The van der Waals surface area contributed by atoms with E-state index in [0.717, 1.165) is 44.1 Å². The van der Waals surface area contributed by atoms with Crippen LogP contribution in [0.15, 0.2) is 47.4 Å². The summed E-state index contributed by atoms with van der Waals surface area (Å²) in [5.41, 5.74) is 2.38. The molecule has 0 N–H and O–H groups in total. The number of benzene rings is 2. The van der Waals surface area contributed by atoms with Gasteiger partial charge in [-0.15, -0.1) is 0 Å². The lowest BCUT2D eigenvalue weighted by Gasteiger charge is -2.35. The van der Waals surface area contributed by atoms with Gasteiger partial charge in [0.15, 0.2) is 11.5 Å². The lowest BCUT2D eigenvalue weighted by atomic mass is 9.95. The molecule has 0 spiro atoms. The minimum atomic E-state index is -3.90. The number of rotatable bonds is 7. The average molecular weight is 473 g/mol. The number of hydrogen-bond donors (Lipinski definition) is 0. The molecule has 33 heavy (non-hydrogen) atoms. The molecule has 1 fully saturated rings. The van der Waals surface area contributed by atoms with E-state index in [-0.39, 0.29) is 23.4 Å². The van der Waals surface area contributed by atoms with Crippen LogP contribution in [0.4, 0.5) is 0 Å². The molecule has 0 aromatic heterocycles. The van der Waals surface area contributed by atoms with E-state index in [9.17, 15) is 13.2 Å². The van der Waals surface area contributed by atoms with Crippen LogP contribution < -0.4 is 9.47 Å². The smallest absolute Gasteiger partial charge is 0.243 e. The fraction of sp³-hybridized carbons (Fsp3) is 0.480. The standard InChI is InChI=1S/C25H32N2O5S/c1-31-23-13-12-22(16-24(23)32-2)33(29,30)27(21-10-4-3-5-11-21)18-25(28)26-15-14-19-8-6-7-9-20(19)17-26/h6-9,12-13,16,21H,3-5,10-11,14-15,17-18H2,1-2H3. The van der Waals surface area contributed by atoms with Crippen LogP contribution in [0, 0.1) is 0 Å². The third-order valence-corrected chi connectivity index (χ3v) is 8.61. The van der Waals surface area contributed by atoms with Gasteiger partial charge in [0.05, 0.1) is 25.7 Å². The summed E-state index contributed by atoms with van der Waals surface area (Å²) in [5.74, 6) is 0.656. The number of methoxy groups -OCH3 is 2. The predicted octanol–water partition coefficient (Wildman–Crippen LogP) is 3.61. The van der Waals surface area contributed by atoms with Crippen molar-refractivity contribution in [1.29, 1.82) is 0 Å². The summed E-state index contributed by atoms with van der Waals surface area (Å²) in [7, 11) is -0.915. The van der Waals surface area contributed by atoms with Gasteiger partial charge in [-0.05, 0) is 42.5 Å². The Morgan fingerprint density at radius 3 is 2.39 bits per heavy atom. The van der Waals surface area contributed by atoms with Crippen molar-refractivity contribution < 1.29 is 22.7 Å². The van der Waals surface area contributed by atoms with Crippen LogP contribution >= 0.6 is 0 Å². The molecule has 1 aliphatic carbocycles. The van der Waals surface area contributed by atoms with Gasteiger partial charge in [0.25, 0.3) is 0 Å². The largest absolute Gasteiger partial charge is 0.493 e. The Morgan fingerprint density at radius 1 is 1.00 bits per heavy atom. The summed E-state index contributed by atoms with van der Waals surface area (Å²) in [6.07, 6.45) is 5.35. The first kappa shape index (κ1) is 23.6. The highest BCUT2D eigenvalue weighted by molar-refractivity contribution is 7.89. The highest BCUT2D eigenvalue weighted by Gasteiger charge is 2.36. The molecule has 2 aromatic rings. The monoisotopic (exact) mass is 472 g/mol. The van der Waals surface area contributed by atoms with E-state index in [0.29, 0.717) is 24.6 Å². The van der Waals surface area contributed by atoms with Crippen LogP contribution in [0.2, 0.25) is 0 Å². The molecule has 1 aliphatic heterocycles. The molecular formula is C25H32N2O5S. The fourth-order valence-electron chi connectivity index (χ4n) is 4.83. The number of carbonyl (C=O) groups is 1. The second-order valence-electron chi connectivity index (χ2n) is 8.69. The number of nitrogens with zero attached hydrogens (tertiary/aromatic N) is 2. The molecule has 0 radical (unpaired) electrons. The van der Waals surface area contributed by atoms with Crippen LogP contribution in [0.3, 0.4) is 0 Å². The Labute approximate surface area is 196 Å². The van der Waals surface area contributed by atoms with Gasteiger partial charge in [0.2, 0.25) is 15.9 Å². The first-order valence-corrected chi connectivity index (χ1v) is 13.0. The minimum absolute atomic E-state index is 0.113. The van der Waals surface area contributed by atoms with Gasteiger partial charge in [-0.2, -0.15) is 4.31 Å². The van der Waals surface area contributed by atoms with Crippen molar-refractivity contribution in [1.82, 2.24) is 9.21 Å². The van der Waals surface area contributed by atoms with Crippen molar-refractivity contribution in [3.63, 3.8) is 0 Å². The van der Waals surface area contributed by atoms with Crippen molar-refractivity contribution >= 4 is 15.9 Å². The fourth-order valence-corrected chi connectivity index (χ4v) is 6.48. The molecule has 4 rings (SSSR count). The van der Waals surface area contributed by atoms with Crippen molar-refractivity contribution in [3.8, 4) is 11.5 Å². The van der Waals surface area contributed by atoms with E-state index in [4.69, 9.17) is 9.47 Å². The number of ether oxygens (including phenoxy) is 2. The first-order chi connectivity index (χ1) is 15.9. The van der Waals surface area contributed by atoms with Gasteiger partial charge in [-0.3, -0.25) is 4.79 Å². The maximum absolute atomic E-state index is 13.8. The summed E-state index contributed by atoms with van der Waals surface area (Å²) in [4.78, 5) is 15.2. The van der Waals surface area contributed by atoms with Gasteiger partial charge in [-0.1, -0.05) is 43.5 Å². The Morgan fingerprint density at radius 2 is 1.70 bits per heavy atom. The van der Waals surface area contributed by atoms with E-state index >= 15 is 0 Å². The summed E-state index contributed by atoms with van der Waals surface area (Å²) in [5, 5.41) is 0. The van der Waals surface area contributed by atoms with Crippen molar-refractivity contribution in [2.24, 2.45) is 0 Å². The summed E-state index contributed by atoms with van der Waals surface area (Å²) < 4.78 is 39.6. The van der Waals surface area contributed by atoms with Gasteiger partial charge in [0, 0.05) is 25.2 Å². The highest BCUT2D eigenvalue weighted by Crippen LogP contribution is 2.33. The Hall–Kier alpha value is -2.58. The highest BCUT2D eigenvalue weighted by atomic mass is 32.2. The van der Waals surface area contributed by atoms with Crippen LogP contribution in [0.5, 0.6) is 11.5 Å². The Kier molecular flexibility index (Phi) is 7.24. The zero-order chi connectivity index (χ0) is 23.4. The quantitative estimate of drug-likeness (QED) is 0.615. The van der Waals surface area contributed by atoms with Crippen LogP contribution in [-0.4, -0.2) is 56.9 Å². The van der Waals surface area contributed by atoms with E-state index in [1.165, 1.54) is 36.2 Å². The number of sulfonamides is 1. The summed E-state index contributed by atoms with van der Waals surface area (Å²) >= 11 is 0. The normalized spacial score (nSPS) is 17.0. The first-order valence-electron chi connectivity index (χ1n) is 11.5. The molecule has 8 heteroatoms. The molecule has 0 unspecified atom stereocenters. The molecule has 0 saturated heterocycles. The number of fused-ring (bicyclic) bond motifs is 1. The molecule has 0 atom stereocenters. The SMILES string of the molecule is COc1ccc(S(=O)(=O)N(CC(=O)N2CCc3ccccc3C2)C2CCCCC2)cc1OC. The second kappa shape index (κ2) is 10.1. The molecular weight excluding hydrogens is 440 g/mol. The third-order valence-electron chi connectivity index (χ3n) is 6.72. The number of hydrogen-bond acceptors (Lipinski definition) is 5. The van der Waals surface area contributed by atoms with Crippen LogP contribution in [0.1, 0.15) is 43.2 Å². The zero-order valence-electron chi connectivity index (χ0n) is 19.3. The number of carbonyl (C=O) groups excluding carboxylic acids is 1. The van der Waals surface area contributed by atoms with Crippen molar-refractivity contribution in [2.75, 3.05) is 27.3 Å². The minimum Gasteiger partial charge on any atom is -0.493 e. The lowest BCUT2D eigenvalue weighted by molar-refractivity contribution is -0.132. The van der Waals surface area contributed by atoms with E-state index in [2.05, 4.69) is 6.07 Å². The van der Waals surface area contributed by atoms with Gasteiger partial charge in [-0.25, -0.2) is 8.42 Å². The molecule has 1 amide bonds. The lowest BCUT2D eigenvalue weighted by Crippen LogP contribution is -2.49. The van der Waals surface area contributed by atoms with Gasteiger partial charge < -0.3 is 14.4 Å². The average Bonchev–Trinajstić information content (AvgIpc) is 2.86. The topological polar surface area (TPSA) is 76.2 Å². The second-order valence-corrected chi connectivity index (χ2v) is 10.6. The Balaban J connectivity index is 1.61. The molecule has 1 heterocycles. The summed E-state index contributed by atoms with van der Waals surface area (Å²) in [6, 6.07) is 12.5. The van der Waals surface area contributed by atoms with Gasteiger partial charge in [0.1, 0.15) is 0 Å². The third kappa shape index (κ3) is 5.01. The number of amides is 1. The maximum Gasteiger partial charge on any atom is 0.243 e. The van der Waals surface area contributed by atoms with Crippen molar-refractivity contribution in [2.45, 2.75) is 56.0 Å². The zero-order valence-corrected chi connectivity index (χ0v) is 20.1. The molecule has 7 nitrogen and oxygen atoms in total. The molecule has 2 aromatic carbocycles. The van der Waals surface area contributed by atoms with Crippen molar-refractivity contribution in [3.05, 3.63) is 53.6 Å². The summed E-state index contributed by atoms with van der Waals surface area (Å²) in [6.45, 7) is 0.970. The predicted molar refractivity (Wildman–Crippen MR) is 126 cm³/mol. The molecule has 2 aliphatic rings. The van der Waals surface area contributed by atoms with Gasteiger partial charge >= 0.3 is 0 Å². The van der Waals surface area contributed by atoms with E-state index in [1.54, 1.807) is 11.0 Å². The van der Waals surface area contributed by atoms with E-state index < -0.39 is 10.0 Å². The maximum atomic E-state index is 13.8. The molecule has 1 saturated carbocycles. The molecule has 0 bridgehead atoms. The van der Waals surface area contributed by atoms with E-state index in [1.807, 2.05) is 18.2 Å². The Bertz CT molecular complexity index is 1100. The molecule has 178 valence electrons. The van der Waals surface area contributed by atoms with Crippen LogP contribution in [0.25, 0.3) is 0 Å². The van der Waals surface area contributed by atoms with Crippen LogP contribution in [-0.2, 0) is 27.8 Å².